The zero-order valence-electron chi connectivity index (χ0n) is 16.6. The summed E-state index contributed by atoms with van der Waals surface area (Å²) in [6.45, 7) is 2.94. The summed E-state index contributed by atoms with van der Waals surface area (Å²) in [4.78, 5) is 14.0. The van der Waals surface area contributed by atoms with Crippen molar-refractivity contribution in [2.45, 2.75) is 62.5 Å². The van der Waals surface area contributed by atoms with Crippen molar-refractivity contribution < 1.29 is 9.53 Å². The topological polar surface area (TPSA) is 38.3 Å². The maximum absolute atomic E-state index is 13.0. The van der Waals surface area contributed by atoms with E-state index in [9.17, 15) is 4.79 Å². The molecule has 3 nitrogen and oxygen atoms in total. The molecule has 148 valence electrons. The number of carbonyl (C=O) groups excluding carboxylic acids is 1. The van der Waals surface area contributed by atoms with E-state index in [4.69, 9.17) is 4.74 Å². The average molecular weight is 396 g/mol. The molecule has 4 heteroatoms. The first-order valence-electron chi connectivity index (χ1n) is 10.5. The number of amides is 1. The summed E-state index contributed by atoms with van der Waals surface area (Å²) in [7, 11) is 0. The molecule has 1 saturated heterocycles. The summed E-state index contributed by atoms with van der Waals surface area (Å²) >= 11 is 1.73. The van der Waals surface area contributed by atoms with E-state index in [1.807, 2.05) is 24.3 Å². The van der Waals surface area contributed by atoms with Gasteiger partial charge in [0.2, 0.25) is 0 Å². The monoisotopic (exact) mass is 395 g/mol. The van der Waals surface area contributed by atoms with Gasteiger partial charge in [0.25, 0.3) is 5.91 Å². The summed E-state index contributed by atoms with van der Waals surface area (Å²) in [5.74, 6) is 0.908. The Labute approximate surface area is 172 Å². The maximum Gasteiger partial charge on any atom is 0.252 e. The molecule has 0 radical (unpaired) electrons. The summed E-state index contributed by atoms with van der Waals surface area (Å²) < 4.78 is 5.72. The number of benzene rings is 2. The van der Waals surface area contributed by atoms with Crippen molar-refractivity contribution in [3.8, 4) is 0 Å². The number of hydrogen-bond acceptors (Lipinski definition) is 3. The molecule has 28 heavy (non-hydrogen) atoms. The van der Waals surface area contributed by atoms with Gasteiger partial charge in [0, 0.05) is 17.3 Å². The zero-order chi connectivity index (χ0) is 19.3. The average Bonchev–Trinajstić information content (AvgIpc) is 3.25. The van der Waals surface area contributed by atoms with Crippen LogP contribution in [0.25, 0.3) is 0 Å². The van der Waals surface area contributed by atoms with Crippen molar-refractivity contribution in [1.29, 1.82) is 0 Å². The molecule has 1 amide bonds. The van der Waals surface area contributed by atoms with E-state index in [0.29, 0.717) is 6.10 Å². The predicted octanol–water partition coefficient (Wildman–Crippen LogP) is 5.33. The minimum absolute atomic E-state index is 0.000612. The number of hydrogen-bond donors (Lipinski definition) is 1. The third-order valence-corrected chi connectivity index (χ3v) is 7.01. The van der Waals surface area contributed by atoms with Crippen LogP contribution in [0.15, 0.2) is 47.4 Å². The Morgan fingerprint density at radius 3 is 2.79 bits per heavy atom. The second-order valence-electron chi connectivity index (χ2n) is 7.87. The van der Waals surface area contributed by atoms with E-state index < -0.39 is 0 Å². The largest absolute Gasteiger partial charge is 0.377 e. The summed E-state index contributed by atoms with van der Waals surface area (Å²) in [5.41, 5.74) is 4.88. The molecule has 4 rings (SSSR count). The van der Waals surface area contributed by atoms with Gasteiger partial charge in [0.05, 0.1) is 17.7 Å². The summed E-state index contributed by atoms with van der Waals surface area (Å²) in [6.07, 6.45) is 7.49. The fraction of sp³-hybridized carbons (Fsp3) is 0.458. The fourth-order valence-corrected chi connectivity index (χ4v) is 5.24. The molecule has 1 aliphatic heterocycles. The van der Waals surface area contributed by atoms with Crippen LogP contribution in [0.1, 0.15) is 65.7 Å². The number of carbonyl (C=O) groups is 1. The minimum atomic E-state index is -0.00375. The molecule has 1 N–H and O–H groups in total. The molecule has 0 spiro atoms. The molecule has 2 aromatic rings. The van der Waals surface area contributed by atoms with Gasteiger partial charge in [-0.2, -0.15) is 0 Å². The summed E-state index contributed by atoms with van der Waals surface area (Å²) in [6, 6.07) is 14.6. The Morgan fingerprint density at radius 1 is 1.14 bits per heavy atom. The normalized spacial score (nSPS) is 19.8. The van der Waals surface area contributed by atoms with Crippen LogP contribution in [0.4, 0.5) is 0 Å². The molecule has 1 aliphatic carbocycles. The van der Waals surface area contributed by atoms with Crippen molar-refractivity contribution >= 4 is 17.7 Å². The molecular weight excluding hydrogens is 366 g/mol. The molecule has 2 atom stereocenters. The van der Waals surface area contributed by atoms with E-state index in [-0.39, 0.29) is 11.9 Å². The van der Waals surface area contributed by atoms with Gasteiger partial charge in [-0.3, -0.25) is 4.79 Å². The number of aryl methyl sites for hydroxylation is 2. The molecule has 1 fully saturated rings. The Kier molecular flexibility index (Phi) is 6.38. The third kappa shape index (κ3) is 4.61. The van der Waals surface area contributed by atoms with Crippen LogP contribution in [0.5, 0.6) is 0 Å². The van der Waals surface area contributed by atoms with Crippen molar-refractivity contribution in [3.63, 3.8) is 0 Å². The molecule has 0 aromatic heterocycles. The molecular formula is C24H29NO2S. The predicted molar refractivity (Wildman–Crippen MR) is 115 cm³/mol. The van der Waals surface area contributed by atoms with Crippen LogP contribution in [0.3, 0.4) is 0 Å². The van der Waals surface area contributed by atoms with Gasteiger partial charge in [-0.25, -0.2) is 0 Å². The van der Waals surface area contributed by atoms with Crippen LogP contribution >= 0.6 is 11.8 Å². The minimum Gasteiger partial charge on any atom is -0.377 e. The van der Waals surface area contributed by atoms with E-state index in [2.05, 4.69) is 30.4 Å². The van der Waals surface area contributed by atoms with Crippen LogP contribution in [0.2, 0.25) is 0 Å². The van der Waals surface area contributed by atoms with Crippen molar-refractivity contribution in [3.05, 3.63) is 64.7 Å². The maximum atomic E-state index is 13.0. The Morgan fingerprint density at radius 2 is 1.96 bits per heavy atom. The smallest absolute Gasteiger partial charge is 0.252 e. The van der Waals surface area contributed by atoms with Gasteiger partial charge in [-0.05, 0) is 74.3 Å². The standard InChI is InChI=1S/C24H29NO2S/c1-17(19-13-12-18-7-2-3-8-20(18)15-19)25-24(26)22-10-4-5-11-23(22)28-16-21-9-6-14-27-21/h4-5,10-13,15,17,21H,2-3,6-9,14,16H2,1H3,(H,25,26). The van der Waals surface area contributed by atoms with Crippen LogP contribution in [-0.2, 0) is 17.6 Å². The van der Waals surface area contributed by atoms with Gasteiger partial charge >= 0.3 is 0 Å². The van der Waals surface area contributed by atoms with Crippen molar-refractivity contribution in [2.75, 3.05) is 12.4 Å². The third-order valence-electron chi connectivity index (χ3n) is 5.80. The molecule has 2 unspecified atom stereocenters. The van der Waals surface area contributed by atoms with E-state index >= 15 is 0 Å². The SMILES string of the molecule is CC(NC(=O)c1ccccc1SCC1CCCO1)c1ccc2c(c1)CCCC2. The number of thioether (sulfide) groups is 1. The highest BCUT2D eigenvalue weighted by molar-refractivity contribution is 7.99. The van der Waals surface area contributed by atoms with E-state index in [1.54, 1.807) is 11.8 Å². The lowest BCUT2D eigenvalue weighted by Crippen LogP contribution is -2.27. The first-order valence-corrected chi connectivity index (χ1v) is 11.5. The number of ether oxygens (including phenoxy) is 1. The van der Waals surface area contributed by atoms with Gasteiger partial charge in [-0.1, -0.05) is 30.3 Å². The number of nitrogens with one attached hydrogen (secondary N) is 1. The molecule has 0 bridgehead atoms. The van der Waals surface area contributed by atoms with Gasteiger partial charge in [-0.15, -0.1) is 11.8 Å². The summed E-state index contributed by atoms with van der Waals surface area (Å²) in [5, 5.41) is 3.20. The lowest BCUT2D eigenvalue weighted by molar-refractivity contribution is 0.0936. The highest BCUT2D eigenvalue weighted by atomic mass is 32.2. The Bertz CT molecular complexity index is 829. The number of rotatable bonds is 6. The molecule has 2 aromatic carbocycles. The molecule has 1 heterocycles. The zero-order valence-corrected chi connectivity index (χ0v) is 17.4. The first-order chi connectivity index (χ1) is 13.7. The highest BCUT2D eigenvalue weighted by Crippen LogP contribution is 2.28. The highest BCUT2D eigenvalue weighted by Gasteiger charge is 2.19. The van der Waals surface area contributed by atoms with Gasteiger partial charge in [0.1, 0.15) is 0 Å². The Hall–Kier alpha value is -1.78. The lowest BCUT2D eigenvalue weighted by Gasteiger charge is -2.20. The van der Waals surface area contributed by atoms with E-state index in [0.717, 1.165) is 42.1 Å². The number of fused-ring (bicyclic) bond motifs is 1. The molecule has 0 saturated carbocycles. The fourth-order valence-electron chi connectivity index (χ4n) is 4.12. The quantitative estimate of drug-likeness (QED) is 0.672. The van der Waals surface area contributed by atoms with Gasteiger partial charge < -0.3 is 10.1 Å². The molecule has 2 aliphatic rings. The lowest BCUT2D eigenvalue weighted by atomic mass is 9.89. The van der Waals surface area contributed by atoms with Crippen LogP contribution in [-0.4, -0.2) is 24.4 Å². The van der Waals surface area contributed by atoms with Crippen molar-refractivity contribution in [1.82, 2.24) is 5.32 Å². The van der Waals surface area contributed by atoms with Crippen LogP contribution < -0.4 is 5.32 Å². The second kappa shape index (κ2) is 9.15. The first kappa shape index (κ1) is 19.5. The van der Waals surface area contributed by atoms with E-state index in [1.165, 1.54) is 36.0 Å². The van der Waals surface area contributed by atoms with Crippen LogP contribution in [0, 0.1) is 0 Å². The van der Waals surface area contributed by atoms with Gasteiger partial charge in [0.15, 0.2) is 0 Å². The van der Waals surface area contributed by atoms with Crippen molar-refractivity contribution in [2.24, 2.45) is 0 Å². The Balaban J connectivity index is 1.43. The second-order valence-corrected chi connectivity index (χ2v) is 8.93.